The Morgan fingerprint density at radius 1 is 0.814 bits per heavy atom. The summed E-state index contributed by atoms with van der Waals surface area (Å²) < 4.78 is 38.9. The van der Waals surface area contributed by atoms with Crippen molar-refractivity contribution in [2.45, 2.75) is 12.8 Å². The van der Waals surface area contributed by atoms with Crippen LogP contribution in [0.3, 0.4) is 0 Å². The van der Waals surface area contributed by atoms with Crippen LogP contribution in [0, 0.1) is 11.8 Å². The number of ketones is 1. The molecule has 0 atom stereocenters. The molecule has 0 saturated heterocycles. The van der Waals surface area contributed by atoms with Crippen LogP contribution in [0.15, 0.2) is 114 Å². The van der Waals surface area contributed by atoms with Crippen LogP contribution >= 0.6 is 0 Å². The number of ether oxygens (including phenoxy) is 1. The van der Waals surface area contributed by atoms with E-state index in [0.717, 1.165) is 33.2 Å². The van der Waals surface area contributed by atoms with Crippen molar-refractivity contribution in [3.63, 3.8) is 0 Å². The molecule has 0 aliphatic carbocycles. The summed E-state index contributed by atoms with van der Waals surface area (Å²) in [5, 5.41) is 0.862. The predicted molar refractivity (Wildman–Crippen MR) is 162 cm³/mol. The van der Waals surface area contributed by atoms with Crippen LogP contribution in [0.4, 0.5) is 14.6 Å². The third kappa shape index (κ3) is 6.65. The molecule has 0 fully saturated rings. The number of pyridine rings is 2. The summed E-state index contributed by atoms with van der Waals surface area (Å²) in [5.41, 5.74) is 10.5. The van der Waals surface area contributed by atoms with Gasteiger partial charge in [-0.2, -0.15) is 4.39 Å². The van der Waals surface area contributed by atoms with Gasteiger partial charge in [0.15, 0.2) is 5.78 Å². The first-order valence-electron chi connectivity index (χ1n) is 13.5. The number of furan rings is 1. The molecule has 3 aromatic heterocycles. The third-order valence-electron chi connectivity index (χ3n) is 6.83. The molecule has 0 spiro atoms. The van der Waals surface area contributed by atoms with Crippen molar-refractivity contribution in [1.82, 2.24) is 9.97 Å². The van der Waals surface area contributed by atoms with E-state index in [0.29, 0.717) is 35.1 Å². The standard InChI is InChI=1S/C35H25F2N3O3/c36-27-7-3-24(4-8-27)32-19-25(23-5-11-29(12-6-23)42-31-14-15-33(37)39-21-31)17-26-18-30(43-35(26)32)13-10-28(41)9-1-22-2-16-34(38)40-20-22/h1-9,11-12,14-21H,10,13H2,(H2,38,40)/b9-1+. The lowest BCUT2D eigenvalue weighted by atomic mass is 9.96. The van der Waals surface area contributed by atoms with Gasteiger partial charge in [-0.25, -0.2) is 14.4 Å². The Kier molecular flexibility index (Phi) is 7.74. The monoisotopic (exact) mass is 573 g/mol. The first kappa shape index (κ1) is 27.5. The molecule has 0 radical (unpaired) electrons. The Labute approximate surface area is 246 Å². The van der Waals surface area contributed by atoms with Gasteiger partial charge in [0, 0.05) is 30.0 Å². The number of allylic oxidation sites excluding steroid dienone is 1. The van der Waals surface area contributed by atoms with Crippen LogP contribution in [0.1, 0.15) is 17.7 Å². The van der Waals surface area contributed by atoms with Crippen molar-refractivity contribution >= 4 is 28.6 Å². The quantitative estimate of drug-likeness (QED) is 0.138. The van der Waals surface area contributed by atoms with Crippen molar-refractivity contribution in [1.29, 1.82) is 0 Å². The van der Waals surface area contributed by atoms with Crippen LogP contribution < -0.4 is 10.5 Å². The van der Waals surface area contributed by atoms with Gasteiger partial charge >= 0.3 is 0 Å². The van der Waals surface area contributed by atoms with Crippen molar-refractivity contribution < 1.29 is 22.7 Å². The summed E-state index contributed by atoms with van der Waals surface area (Å²) in [5.74, 6) is 1.14. The highest BCUT2D eigenvalue weighted by Crippen LogP contribution is 2.37. The number of carbonyl (C=O) groups excluding carboxylic acids is 1. The van der Waals surface area contributed by atoms with Gasteiger partial charge in [-0.3, -0.25) is 4.79 Å². The molecule has 43 heavy (non-hydrogen) atoms. The average molecular weight is 574 g/mol. The highest BCUT2D eigenvalue weighted by molar-refractivity contribution is 5.97. The highest BCUT2D eigenvalue weighted by Gasteiger charge is 2.15. The minimum absolute atomic E-state index is 0.0459. The topological polar surface area (TPSA) is 91.2 Å². The van der Waals surface area contributed by atoms with E-state index in [4.69, 9.17) is 14.9 Å². The number of nitrogens with zero attached hydrogens (tertiary/aromatic N) is 2. The number of aromatic nitrogens is 2. The molecule has 0 amide bonds. The Bertz CT molecular complexity index is 1910. The molecule has 2 N–H and O–H groups in total. The normalized spacial score (nSPS) is 11.3. The van der Waals surface area contributed by atoms with E-state index >= 15 is 0 Å². The number of halogens is 2. The maximum absolute atomic E-state index is 13.7. The summed E-state index contributed by atoms with van der Waals surface area (Å²) >= 11 is 0. The van der Waals surface area contributed by atoms with E-state index < -0.39 is 5.95 Å². The second-order valence-corrected chi connectivity index (χ2v) is 9.92. The zero-order valence-electron chi connectivity index (χ0n) is 22.8. The van der Waals surface area contributed by atoms with Gasteiger partial charge in [0.2, 0.25) is 5.95 Å². The number of rotatable bonds is 9. The molecule has 212 valence electrons. The maximum Gasteiger partial charge on any atom is 0.213 e. The molecular weight excluding hydrogens is 548 g/mol. The fourth-order valence-electron chi connectivity index (χ4n) is 4.65. The molecule has 3 aromatic carbocycles. The summed E-state index contributed by atoms with van der Waals surface area (Å²) in [4.78, 5) is 20.2. The molecule has 0 unspecified atom stereocenters. The highest BCUT2D eigenvalue weighted by atomic mass is 19.1. The molecule has 6 rings (SSSR count). The minimum Gasteiger partial charge on any atom is -0.460 e. The van der Waals surface area contributed by atoms with E-state index in [1.165, 1.54) is 36.5 Å². The average Bonchev–Trinajstić information content (AvgIpc) is 3.44. The van der Waals surface area contributed by atoms with Gasteiger partial charge < -0.3 is 14.9 Å². The second-order valence-electron chi connectivity index (χ2n) is 9.92. The van der Waals surface area contributed by atoms with Crippen LogP contribution in [0.2, 0.25) is 0 Å². The maximum atomic E-state index is 13.7. The van der Waals surface area contributed by atoms with Gasteiger partial charge in [-0.05, 0) is 101 Å². The van der Waals surface area contributed by atoms with Crippen molar-refractivity contribution in [3.8, 4) is 33.8 Å². The number of nitrogen functional groups attached to an aromatic ring is 1. The second kappa shape index (κ2) is 12.1. The van der Waals surface area contributed by atoms with Crippen molar-refractivity contribution in [3.05, 3.63) is 133 Å². The zero-order valence-corrected chi connectivity index (χ0v) is 22.8. The molecule has 3 heterocycles. The summed E-state index contributed by atoms with van der Waals surface area (Å²) in [6, 6.07) is 25.9. The number of benzene rings is 3. The number of anilines is 1. The van der Waals surface area contributed by atoms with E-state index in [-0.39, 0.29) is 18.0 Å². The molecule has 6 aromatic rings. The SMILES string of the molecule is Nc1ccc(/C=C/C(=O)CCc2cc3cc(-c4ccc(Oc5ccc(F)nc5)cc4)cc(-c4ccc(F)cc4)c3o2)cn1. The predicted octanol–water partition coefficient (Wildman–Crippen LogP) is 8.42. The third-order valence-corrected chi connectivity index (χ3v) is 6.83. The van der Waals surface area contributed by atoms with Crippen molar-refractivity contribution in [2.75, 3.05) is 5.73 Å². The molecular formula is C35H25F2N3O3. The minimum atomic E-state index is -0.576. The number of nitrogens with two attached hydrogens (primary N) is 1. The molecule has 0 saturated carbocycles. The zero-order chi connectivity index (χ0) is 29.8. The van der Waals surface area contributed by atoms with Gasteiger partial charge in [-0.15, -0.1) is 0 Å². The summed E-state index contributed by atoms with van der Waals surface area (Å²) in [7, 11) is 0. The van der Waals surface area contributed by atoms with Gasteiger partial charge in [-0.1, -0.05) is 24.3 Å². The van der Waals surface area contributed by atoms with Crippen LogP contribution in [-0.2, 0) is 11.2 Å². The van der Waals surface area contributed by atoms with Crippen molar-refractivity contribution in [2.24, 2.45) is 0 Å². The van der Waals surface area contributed by atoms with Gasteiger partial charge in [0.25, 0.3) is 0 Å². The van der Waals surface area contributed by atoms with Crippen LogP contribution in [0.5, 0.6) is 11.5 Å². The summed E-state index contributed by atoms with van der Waals surface area (Å²) in [6.45, 7) is 0. The smallest absolute Gasteiger partial charge is 0.213 e. The Hall–Kier alpha value is -5.63. The molecule has 8 heteroatoms. The lowest BCUT2D eigenvalue weighted by Crippen LogP contribution is -1.95. The fourth-order valence-corrected chi connectivity index (χ4v) is 4.65. The van der Waals surface area contributed by atoms with Crippen LogP contribution in [-0.4, -0.2) is 15.8 Å². The number of fused-ring (bicyclic) bond motifs is 1. The van der Waals surface area contributed by atoms with Gasteiger partial charge in [0.05, 0.1) is 6.20 Å². The molecule has 0 aliphatic heterocycles. The first-order valence-corrected chi connectivity index (χ1v) is 13.5. The van der Waals surface area contributed by atoms with E-state index in [1.54, 1.807) is 36.5 Å². The van der Waals surface area contributed by atoms with E-state index in [1.807, 2.05) is 42.5 Å². The Balaban J connectivity index is 1.26. The lowest BCUT2D eigenvalue weighted by molar-refractivity contribution is -0.114. The molecule has 6 nitrogen and oxygen atoms in total. The number of hydrogen-bond acceptors (Lipinski definition) is 6. The van der Waals surface area contributed by atoms with E-state index in [2.05, 4.69) is 9.97 Å². The summed E-state index contributed by atoms with van der Waals surface area (Å²) in [6.07, 6.45) is 6.85. The molecule has 0 bridgehead atoms. The Morgan fingerprint density at radius 2 is 1.58 bits per heavy atom. The Morgan fingerprint density at radius 3 is 2.30 bits per heavy atom. The van der Waals surface area contributed by atoms with Crippen LogP contribution in [0.25, 0.3) is 39.3 Å². The number of carbonyl (C=O) groups is 1. The number of aryl methyl sites for hydroxylation is 1. The molecule has 0 aliphatic rings. The number of hydrogen-bond donors (Lipinski definition) is 1. The fraction of sp³-hybridized carbons (Fsp3) is 0.0571. The van der Waals surface area contributed by atoms with Gasteiger partial charge in [0.1, 0.15) is 34.5 Å². The lowest BCUT2D eigenvalue weighted by Gasteiger charge is -2.09. The largest absolute Gasteiger partial charge is 0.460 e. The van der Waals surface area contributed by atoms with E-state index in [9.17, 15) is 13.6 Å². The first-order chi connectivity index (χ1) is 20.9.